The molecule has 1 aromatic heterocycles. The summed E-state index contributed by atoms with van der Waals surface area (Å²) < 4.78 is 0.610. The fourth-order valence-corrected chi connectivity index (χ4v) is 3.74. The number of hydrogen-bond acceptors (Lipinski definition) is 8. The van der Waals surface area contributed by atoms with E-state index in [0.717, 1.165) is 25.9 Å². The van der Waals surface area contributed by atoms with E-state index in [-0.39, 0.29) is 23.4 Å². The maximum atomic E-state index is 12.4. The first-order chi connectivity index (χ1) is 13.9. The normalized spacial score (nSPS) is 15.0. The molecule has 29 heavy (non-hydrogen) atoms. The number of aromatic nitrogens is 2. The molecule has 1 aromatic carbocycles. The molecule has 1 fully saturated rings. The highest BCUT2D eigenvalue weighted by molar-refractivity contribution is 9.10. The summed E-state index contributed by atoms with van der Waals surface area (Å²) in [6.45, 7) is 1.84. The molecule has 0 bridgehead atoms. The van der Waals surface area contributed by atoms with Gasteiger partial charge in [0, 0.05) is 17.6 Å². The van der Waals surface area contributed by atoms with E-state index >= 15 is 0 Å². The summed E-state index contributed by atoms with van der Waals surface area (Å²) in [6, 6.07) is 7.02. The minimum atomic E-state index is -0.534. The van der Waals surface area contributed by atoms with Gasteiger partial charge in [-0.15, -0.1) is 0 Å². The van der Waals surface area contributed by atoms with Crippen molar-refractivity contribution >= 4 is 39.2 Å². The molecule has 0 unspecified atom stereocenters. The van der Waals surface area contributed by atoms with Gasteiger partial charge in [0.05, 0.1) is 10.5 Å². The number of halogens is 1. The molecule has 11 heteroatoms. The quantitative estimate of drug-likeness (QED) is 0.495. The van der Waals surface area contributed by atoms with Gasteiger partial charge in [0.15, 0.2) is 0 Å². The summed E-state index contributed by atoms with van der Waals surface area (Å²) in [5.74, 6) is -0.298. The first-order valence-corrected chi connectivity index (χ1v) is 9.89. The van der Waals surface area contributed by atoms with Gasteiger partial charge in [-0.2, -0.15) is 0 Å². The van der Waals surface area contributed by atoms with Crippen molar-refractivity contribution in [3.8, 4) is 0 Å². The Morgan fingerprint density at radius 1 is 1.31 bits per heavy atom. The highest BCUT2D eigenvalue weighted by Gasteiger charge is 2.30. The zero-order valence-corrected chi connectivity index (χ0v) is 17.7. The molecule has 10 nitrogen and oxygen atoms in total. The minimum absolute atomic E-state index is 0.0693. The van der Waals surface area contributed by atoms with Crippen LogP contribution in [0.3, 0.4) is 0 Å². The van der Waals surface area contributed by atoms with E-state index in [9.17, 15) is 14.9 Å². The summed E-state index contributed by atoms with van der Waals surface area (Å²) >= 11 is 3.31. The van der Waals surface area contributed by atoms with Crippen LogP contribution in [0.25, 0.3) is 0 Å². The van der Waals surface area contributed by atoms with Crippen molar-refractivity contribution in [3.63, 3.8) is 0 Å². The van der Waals surface area contributed by atoms with E-state index in [0.29, 0.717) is 10.0 Å². The number of amides is 1. The molecular weight excluding hydrogens is 442 g/mol. The summed E-state index contributed by atoms with van der Waals surface area (Å²) in [5, 5.41) is 11.8. The molecule has 1 aliphatic rings. The zero-order valence-electron chi connectivity index (χ0n) is 16.1. The molecule has 0 spiro atoms. The summed E-state index contributed by atoms with van der Waals surface area (Å²) in [7, 11) is 3.86. The molecule has 2 heterocycles. The first-order valence-electron chi connectivity index (χ1n) is 9.10. The number of anilines is 2. The predicted molar refractivity (Wildman–Crippen MR) is 113 cm³/mol. The van der Waals surface area contributed by atoms with Crippen LogP contribution in [0.1, 0.15) is 23.2 Å². The molecule has 3 rings (SSSR count). The van der Waals surface area contributed by atoms with Crippen molar-refractivity contribution in [1.82, 2.24) is 20.3 Å². The number of nitrogens with zero attached hydrogens (tertiary/aromatic N) is 5. The Bertz CT molecular complexity index is 903. The second kappa shape index (κ2) is 9.14. The van der Waals surface area contributed by atoms with Crippen molar-refractivity contribution in [3.05, 3.63) is 50.7 Å². The Morgan fingerprint density at radius 2 is 2.00 bits per heavy atom. The number of carbonyl (C=O) groups is 1. The van der Waals surface area contributed by atoms with Crippen molar-refractivity contribution in [2.24, 2.45) is 0 Å². The van der Waals surface area contributed by atoms with Crippen LogP contribution in [0, 0.1) is 10.1 Å². The molecular formula is C18H22BrN7O3. The van der Waals surface area contributed by atoms with Gasteiger partial charge in [0.1, 0.15) is 6.33 Å². The molecule has 1 amide bonds. The fourth-order valence-electron chi connectivity index (χ4n) is 3.27. The number of benzene rings is 1. The molecule has 2 N–H and O–H groups in total. The molecule has 154 valence electrons. The van der Waals surface area contributed by atoms with E-state index in [4.69, 9.17) is 0 Å². The standard InChI is InChI=1S/C18H22BrN7O3/c1-24-9-7-12(8-10-24)25(2)17-15(26(28)29)16(20-11-21-17)22-23-18(27)13-5-3-4-6-14(13)19/h3-6,11-12H,7-10H2,1-2H3,(H,23,27)(H,20,21,22). The molecule has 0 aliphatic carbocycles. The maximum Gasteiger partial charge on any atom is 0.355 e. The van der Waals surface area contributed by atoms with Crippen molar-refractivity contribution < 1.29 is 9.72 Å². The smallest absolute Gasteiger partial charge is 0.351 e. The third kappa shape index (κ3) is 4.80. The highest BCUT2D eigenvalue weighted by Crippen LogP contribution is 2.33. The lowest BCUT2D eigenvalue weighted by molar-refractivity contribution is -0.383. The minimum Gasteiger partial charge on any atom is -0.351 e. The van der Waals surface area contributed by atoms with E-state index in [1.54, 1.807) is 31.3 Å². The lowest BCUT2D eigenvalue weighted by Crippen LogP contribution is -2.42. The Hall–Kier alpha value is -2.79. The van der Waals surface area contributed by atoms with Crippen LogP contribution in [0.4, 0.5) is 17.3 Å². The SMILES string of the molecule is CN1CCC(N(C)c2ncnc(NNC(=O)c3ccccc3Br)c2[N+](=O)[O-])CC1. The first kappa shape index (κ1) is 20.9. The molecule has 2 aromatic rings. The molecule has 0 saturated carbocycles. The van der Waals surface area contributed by atoms with Gasteiger partial charge in [0.25, 0.3) is 5.91 Å². The number of hydrazine groups is 1. The van der Waals surface area contributed by atoms with Crippen LogP contribution in [0.15, 0.2) is 35.1 Å². The molecule has 0 radical (unpaired) electrons. The Balaban J connectivity index is 1.81. The van der Waals surface area contributed by atoms with Crippen LogP contribution < -0.4 is 15.8 Å². The summed E-state index contributed by atoms with van der Waals surface area (Å²) in [4.78, 5) is 35.8. The monoisotopic (exact) mass is 463 g/mol. The predicted octanol–water partition coefficient (Wildman–Crippen LogP) is 2.43. The van der Waals surface area contributed by atoms with Gasteiger partial charge >= 0.3 is 5.69 Å². The van der Waals surface area contributed by atoms with Crippen LogP contribution in [0.5, 0.6) is 0 Å². The maximum absolute atomic E-state index is 12.4. The Labute approximate surface area is 176 Å². The van der Waals surface area contributed by atoms with Gasteiger partial charge in [-0.3, -0.25) is 25.8 Å². The second-order valence-corrected chi connectivity index (χ2v) is 7.71. The Kier molecular flexibility index (Phi) is 6.60. The van der Waals surface area contributed by atoms with Crippen molar-refractivity contribution in [1.29, 1.82) is 0 Å². The lowest BCUT2D eigenvalue weighted by Gasteiger charge is -2.35. The largest absolute Gasteiger partial charge is 0.355 e. The lowest BCUT2D eigenvalue weighted by atomic mass is 10.0. The number of nitro groups is 1. The number of hydrogen-bond donors (Lipinski definition) is 2. The van der Waals surface area contributed by atoms with Gasteiger partial charge in [0.2, 0.25) is 11.6 Å². The highest BCUT2D eigenvalue weighted by atomic mass is 79.9. The number of rotatable bonds is 6. The van der Waals surface area contributed by atoms with E-state index in [2.05, 4.69) is 48.7 Å². The number of piperidine rings is 1. The third-order valence-electron chi connectivity index (χ3n) is 4.97. The topological polar surface area (TPSA) is 117 Å². The van der Waals surface area contributed by atoms with Gasteiger partial charge in [-0.05, 0) is 61.0 Å². The van der Waals surface area contributed by atoms with E-state index in [1.165, 1.54) is 6.33 Å². The summed E-state index contributed by atoms with van der Waals surface area (Å²) in [6.07, 6.45) is 3.02. The van der Waals surface area contributed by atoms with Crippen LogP contribution in [0.2, 0.25) is 0 Å². The molecule has 1 saturated heterocycles. The van der Waals surface area contributed by atoms with E-state index in [1.807, 2.05) is 4.90 Å². The number of likely N-dealkylation sites (tertiary alicyclic amines) is 1. The van der Waals surface area contributed by atoms with Crippen LogP contribution in [-0.4, -0.2) is 58.9 Å². The third-order valence-corrected chi connectivity index (χ3v) is 5.66. The van der Waals surface area contributed by atoms with Crippen LogP contribution in [-0.2, 0) is 0 Å². The fraction of sp³-hybridized carbons (Fsp3) is 0.389. The van der Waals surface area contributed by atoms with Crippen LogP contribution >= 0.6 is 15.9 Å². The number of carbonyl (C=O) groups excluding carboxylic acids is 1. The Morgan fingerprint density at radius 3 is 2.66 bits per heavy atom. The van der Waals surface area contributed by atoms with Crippen molar-refractivity contribution in [2.75, 3.05) is 37.5 Å². The van der Waals surface area contributed by atoms with Crippen molar-refractivity contribution in [2.45, 2.75) is 18.9 Å². The average molecular weight is 464 g/mol. The van der Waals surface area contributed by atoms with Gasteiger partial charge in [-0.25, -0.2) is 9.97 Å². The van der Waals surface area contributed by atoms with E-state index < -0.39 is 10.8 Å². The number of nitrogens with one attached hydrogen (secondary N) is 2. The van der Waals surface area contributed by atoms with Gasteiger partial charge in [-0.1, -0.05) is 12.1 Å². The van der Waals surface area contributed by atoms with Gasteiger partial charge < -0.3 is 9.80 Å². The average Bonchev–Trinajstić information content (AvgIpc) is 2.72. The zero-order chi connectivity index (χ0) is 21.0. The summed E-state index contributed by atoms with van der Waals surface area (Å²) in [5.41, 5.74) is 5.15. The second-order valence-electron chi connectivity index (χ2n) is 6.86. The molecule has 1 aliphatic heterocycles. The molecule has 0 atom stereocenters.